The number of hydrogen-bond donors (Lipinski definition) is 1. The number of piperidine rings is 2. The van der Waals surface area contributed by atoms with Crippen LogP contribution in [0.25, 0.3) is 0 Å². The highest BCUT2D eigenvalue weighted by molar-refractivity contribution is 5.78. The van der Waals surface area contributed by atoms with Crippen LogP contribution in [0.1, 0.15) is 69.3 Å². The largest absolute Gasteiger partial charge is 0.384 e. The highest BCUT2D eigenvalue weighted by Crippen LogP contribution is 2.29. The molecule has 2 aliphatic rings. The third-order valence-electron chi connectivity index (χ3n) is 6.18. The van der Waals surface area contributed by atoms with Crippen molar-refractivity contribution < 1.29 is 14.3 Å². The van der Waals surface area contributed by atoms with Gasteiger partial charge in [-0.2, -0.15) is 0 Å². The van der Waals surface area contributed by atoms with E-state index in [0.717, 1.165) is 37.9 Å². The van der Waals surface area contributed by atoms with Gasteiger partial charge >= 0.3 is 0 Å². The summed E-state index contributed by atoms with van der Waals surface area (Å²) in [5, 5.41) is 0. The fourth-order valence-corrected chi connectivity index (χ4v) is 4.43. The molecule has 1 N–H and O–H groups in total. The van der Waals surface area contributed by atoms with Gasteiger partial charge in [-0.3, -0.25) is 14.4 Å². The molecule has 0 bridgehead atoms. The summed E-state index contributed by atoms with van der Waals surface area (Å²) >= 11 is 0. The molecule has 1 unspecified atom stereocenters. The molecule has 8 nitrogen and oxygen atoms in total. The van der Waals surface area contributed by atoms with Gasteiger partial charge in [-0.1, -0.05) is 13.8 Å². The van der Waals surface area contributed by atoms with E-state index >= 15 is 0 Å². The molecule has 8 heteroatoms. The first-order chi connectivity index (χ1) is 14.4. The number of carbonyl (C=O) groups is 2. The van der Waals surface area contributed by atoms with Gasteiger partial charge in [0.05, 0.1) is 18.7 Å². The van der Waals surface area contributed by atoms with Crippen molar-refractivity contribution in [1.82, 2.24) is 19.8 Å². The predicted molar refractivity (Wildman–Crippen MR) is 113 cm³/mol. The zero-order chi connectivity index (χ0) is 21.7. The maximum absolute atomic E-state index is 12.4. The van der Waals surface area contributed by atoms with E-state index < -0.39 is 0 Å². The van der Waals surface area contributed by atoms with E-state index in [1.807, 2.05) is 23.6 Å². The molecule has 2 fully saturated rings. The molecule has 0 spiro atoms. The van der Waals surface area contributed by atoms with E-state index in [-0.39, 0.29) is 35.1 Å². The zero-order valence-corrected chi connectivity index (χ0v) is 18.4. The lowest BCUT2D eigenvalue weighted by atomic mass is 9.92. The van der Waals surface area contributed by atoms with E-state index in [0.29, 0.717) is 38.5 Å². The fourth-order valence-electron chi connectivity index (χ4n) is 4.43. The number of ether oxygens (including phenoxy) is 1. The Kier molecular flexibility index (Phi) is 7.64. The van der Waals surface area contributed by atoms with Gasteiger partial charge in [0, 0.05) is 57.1 Å². The first-order valence-corrected chi connectivity index (χ1v) is 11.1. The van der Waals surface area contributed by atoms with Crippen molar-refractivity contribution in [3.63, 3.8) is 0 Å². The average Bonchev–Trinajstić information content (AvgIpc) is 2.76. The molecule has 3 rings (SSSR count). The van der Waals surface area contributed by atoms with Crippen LogP contribution >= 0.6 is 0 Å². The lowest BCUT2D eigenvalue weighted by Gasteiger charge is -2.34. The number of nitrogens with zero attached hydrogens (tertiary/aromatic N) is 3. The lowest BCUT2D eigenvalue weighted by molar-refractivity contribution is -0.135. The molecule has 0 aromatic carbocycles. The van der Waals surface area contributed by atoms with Gasteiger partial charge in [-0.15, -0.1) is 0 Å². The maximum Gasteiger partial charge on any atom is 0.251 e. The first kappa shape index (κ1) is 22.5. The standard InChI is InChI=1S/C22H34N4O4/c1-15(2)22(29)26-9-4-5-17(14-26)18-13-19(27)24-21(23-18)16-6-10-25(11-7-16)20(28)8-12-30-3/h13,15-17H,4-12,14H2,1-3H3,(H,23,24,27). The van der Waals surface area contributed by atoms with Gasteiger partial charge in [0.1, 0.15) is 5.82 Å². The smallest absolute Gasteiger partial charge is 0.251 e. The monoisotopic (exact) mass is 418 g/mol. The number of carbonyl (C=O) groups excluding carboxylic acids is 2. The van der Waals surface area contributed by atoms with Crippen molar-refractivity contribution in [2.75, 3.05) is 39.9 Å². The van der Waals surface area contributed by atoms with Crippen molar-refractivity contribution >= 4 is 11.8 Å². The fraction of sp³-hybridized carbons (Fsp3) is 0.727. The summed E-state index contributed by atoms with van der Waals surface area (Å²) in [5.74, 6) is 1.20. The van der Waals surface area contributed by atoms with E-state index in [1.54, 1.807) is 13.2 Å². The maximum atomic E-state index is 12.4. The number of amides is 2. The second-order valence-corrected chi connectivity index (χ2v) is 8.73. The van der Waals surface area contributed by atoms with E-state index in [1.165, 1.54) is 0 Å². The van der Waals surface area contributed by atoms with Crippen LogP contribution in [0, 0.1) is 5.92 Å². The van der Waals surface area contributed by atoms with Crippen LogP contribution < -0.4 is 5.56 Å². The topological polar surface area (TPSA) is 95.6 Å². The molecule has 1 aromatic heterocycles. The summed E-state index contributed by atoms with van der Waals surface area (Å²) in [6.45, 7) is 7.01. The molecule has 2 saturated heterocycles. The molecule has 0 saturated carbocycles. The lowest BCUT2D eigenvalue weighted by Crippen LogP contribution is -2.41. The molecular formula is C22H34N4O4. The normalized spacial score (nSPS) is 20.6. The van der Waals surface area contributed by atoms with Crippen molar-refractivity contribution in [2.24, 2.45) is 5.92 Å². The van der Waals surface area contributed by atoms with Gasteiger partial charge in [-0.05, 0) is 25.7 Å². The average molecular weight is 419 g/mol. The van der Waals surface area contributed by atoms with E-state index in [2.05, 4.69) is 4.98 Å². The summed E-state index contributed by atoms with van der Waals surface area (Å²) < 4.78 is 4.99. The molecule has 166 valence electrons. The van der Waals surface area contributed by atoms with Crippen LogP contribution in [-0.4, -0.2) is 71.5 Å². The molecule has 1 atom stereocenters. The van der Waals surface area contributed by atoms with Crippen LogP contribution in [0.4, 0.5) is 0 Å². The number of rotatable bonds is 6. The summed E-state index contributed by atoms with van der Waals surface area (Å²) in [5.41, 5.74) is 0.648. The van der Waals surface area contributed by atoms with Crippen molar-refractivity contribution in [1.29, 1.82) is 0 Å². The summed E-state index contributed by atoms with van der Waals surface area (Å²) in [7, 11) is 1.60. The Morgan fingerprint density at radius 2 is 1.90 bits per heavy atom. The SMILES string of the molecule is COCCC(=O)N1CCC(c2nc(C3CCCN(C(=O)C(C)C)C3)cc(=O)[nH]2)CC1. The van der Waals surface area contributed by atoms with Crippen molar-refractivity contribution in [3.8, 4) is 0 Å². The molecule has 2 aliphatic heterocycles. The third-order valence-corrected chi connectivity index (χ3v) is 6.18. The Hall–Kier alpha value is -2.22. The highest BCUT2D eigenvalue weighted by atomic mass is 16.5. The van der Waals surface area contributed by atoms with Crippen LogP contribution in [0.15, 0.2) is 10.9 Å². The number of aromatic amines is 1. The molecule has 30 heavy (non-hydrogen) atoms. The minimum atomic E-state index is -0.138. The van der Waals surface area contributed by atoms with E-state index in [9.17, 15) is 14.4 Å². The van der Waals surface area contributed by atoms with Gasteiger partial charge in [0.2, 0.25) is 11.8 Å². The molecular weight excluding hydrogens is 384 g/mol. The van der Waals surface area contributed by atoms with Crippen molar-refractivity contribution in [3.05, 3.63) is 27.9 Å². The number of aromatic nitrogens is 2. The molecule has 0 radical (unpaired) electrons. The van der Waals surface area contributed by atoms with Crippen molar-refractivity contribution in [2.45, 2.75) is 57.8 Å². The van der Waals surface area contributed by atoms with Crippen LogP contribution in [-0.2, 0) is 14.3 Å². The van der Waals surface area contributed by atoms with Gasteiger partial charge < -0.3 is 19.5 Å². The summed E-state index contributed by atoms with van der Waals surface area (Å²) in [6, 6.07) is 1.58. The first-order valence-electron chi connectivity index (χ1n) is 11.1. The Morgan fingerprint density at radius 3 is 2.57 bits per heavy atom. The Balaban J connectivity index is 1.67. The minimum absolute atomic E-state index is 0.0248. The van der Waals surface area contributed by atoms with Gasteiger partial charge in [-0.25, -0.2) is 4.98 Å². The summed E-state index contributed by atoms with van der Waals surface area (Å²) in [6.07, 6.45) is 3.83. The van der Waals surface area contributed by atoms with Gasteiger partial charge in [0.25, 0.3) is 5.56 Å². The number of methoxy groups -OCH3 is 1. The van der Waals surface area contributed by atoms with Crippen LogP contribution in [0.5, 0.6) is 0 Å². The molecule has 0 aliphatic carbocycles. The Labute approximate surface area is 178 Å². The number of H-pyrrole nitrogens is 1. The number of hydrogen-bond acceptors (Lipinski definition) is 5. The second kappa shape index (κ2) is 10.2. The third kappa shape index (κ3) is 5.47. The second-order valence-electron chi connectivity index (χ2n) is 8.73. The van der Waals surface area contributed by atoms with Gasteiger partial charge in [0.15, 0.2) is 0 Å². The molecule has 3 heterocycles. The van der Waals surface area contributed by atoms with Crippen LogP contribution in [0.3, 0.4) is 0 Å². The highest BCUT2D eigenvalue weighted by Gasteiger charge is 2.29. The Morgan fingerprint density at radius 1 is 1.17 bits per heavy atom. The predicted octanol–water partition coefficient (Wildman–Crippen LogP) is 1.87. The number of likely N-dealkylation sites (tertiary alicyclic amines) is 2. The quantitative estimate of drug-likeness (QED) is 0.761. The molecule has 2 amide bonds. The van der Waals surface area contributed by atoms with Crippen LogP contribution in [0.2, 0.25) is 0 Å². The van der Waals surface area contributed by atoms with E-state index in [4.69, 9.17) is 9.72 Å². The molecule has 1 aromatic rings. The Bertz CT molecular complexity index is 799. The zero-order valence-electron chi connectivity index (χ0n) is 18.4. The summed E-state index contributed by atoms with van der Waals surface area (Å²) in [4.78, 5) is 48.5. The number of nitrogens with one attached hydrogen (secondary N) is 1. The minimum Gasteiger partial charge on any atom is -0.384 e.